The van der Waals surface area contributed by atoms with Gasteiger partial charge in [-0.25, -0.2) is 8.42 Å². The van der Waals surface area contributed by atoms with Crippen molar-refractivity contribution >= 4 is 9.84 Å². The van der Waals surface area contributed by atoms with E-state index in [1.54, 1.807) is 6.07 Å². The zero-order chi connectivity index (χ0) is 15.7. The van der Waals surface area contributed by atoms with Crippen LogP contribution in [-0.4, -0.2) is 25.5 Å². The summed E-state index contributed by atoms with van der Waals surface area (Å²) in [5.74, 6) is 0.119. The van der Waals surface area contributed by atoms with Crippen LogP contribution in [0.2, 0.25) is 0 Å². The zero-order valence-corrected chi connectivity index (χ0v) is 12.3. The number of benzene rings is 1. The maximum absolute atomic E-state index is 12.7. The molecule has 0 aliphatic carbocycles. The SMILES string of the molecule is NC(Cc1cccc(C(F)(F)F)c1)C1CCCCS1(=O)=O. The fourth-order valence-corrected chi connectivity index (χ4v) is 4.80. The Morgan fingerprint density at radius 3 is 2.62 bits per heavy atom. The zero-order valence-electron chi connectivity index (χ0n) is 11.4. The minimum Gasteiger partial charge on any atom is -0.326 e. The molecule has 2 atom stereocenters. The molecular weight excluding hydrogens is 303 g/mol. The van der Waals surface area contributed by atoms with E-state index in [2.05, 4.69) is 0 Å². The number of alkyl halides is 3. The van der Waals surface area contributed by atoms with E-state index < -0.39 is 32.9 Å². The highest BCUT2D eigenvalue weighted by molar-refractivity contribution is 7.92. The van der Waals surface area contributed by atoms with Crippen LogP contribution in [0.25, 0.3) is 0 Å². The Labute approximate surface area is 122 Å². The molecule has 0 spiro atoms. The molecule has 0 radical (unpaired) electrons. The molecule has 1 heterocycles. The standard InChI is InChI=1S/C14H18F3NO2S/c15-14(16,17)11-5-3-4-10(8-11)9-12(18)13-6-1-2-7-21(13,19)20/h3-5,8,12-13H,1-2,6-7,9,18H2. The van der Waals surface area contributed by atoms with Gasteiger partial charge < -0.3 is 5.73 Å². The minimum atomic E-state index is -4.41. The molecule has 1 fully saturated rings. The van der Waals surface area contributed by atoms with Crippen LogP contribution in [0.3, 0.4) is 0 Å². The molecule has 7 heteroatoms. The van der Waals surface area contributed by atoms with Crippen LogP contribution < -0.4 is 5.73 Å². The smallest absolute Gasteiger partial charge is 0.326 e. The van der Waals surface area contributed by atoms with E-state index in [4.69, 9.17) is 5.73 Å². The second-order valence-electron chi connectivity index (χ2n) is 5.47. The van der Waals surface area contributed by atoms with Crippen molar-refractivity contribution in [1.82, 2.24) is 0 Å². The van der Waals surface area contributed by atoms with Crippen molar-refractivity contribution < 1.29 is 21.6 Å². The van der Waals surface area contributed by atoms with Crippen LogP contribution in [0.4, 0.5) is 13.2 Å². The summed E-state index contributed by atoms with van der Waals surface area (Å²) < 4.78 is 61.9. The van der Waals surface area contributed by atoms with Gasteiger partial charge in [-0.2, -0.15) is 13.2 Å². The predicted octanol–water partition coefficient (Wildman–Crippen LogP) is 2.54. The molecule has 1 saturated heterocycles. The molecular formula is C14H18F3NO2S. The lowest BCUT2D eigenvalue weighted by atomic mass is 9.99. The fraction of sp³-hybridized carbons (Fsp3) is 0.571. The second-order valence-corrected chi connectivity index (χ2v) is 7.81. The quantitative estimate of drug-likeness (QED) is 0.931. The van der Waals surface area contributed by atoms with Gasteiger partial charge in [-0.05, 0) is 30.9 Å². The maximum Gasteiger partial charge on any atom is 0.416 e. The summed E-state index contributed by atoms with van der Waals surface area (Å²) in [6.45, 7) is 0. The highest BCUT2D eigenvalue weighted by atomic mass is 32.2. The van der Waals surface area contributed by atoms with Crippen molar-refractivity contribution in [1.29, 1.82) is 0 Å². The summed E-state index contributed by atoms with van der Waals surface area (Å²) in [4.78, 5) is 0. The fourth-order valence-electron chi connectivity index (χ4n) is 2.74. The molecule has 0 aromatic heterocycles. The highest BCUT2D eigenvalue weighted by Gasteiger charge is 2.34. The summed E-state index contributed by atoms with van der Waals surface area (Å²) in [6.07, 6.45) is -2.36. The third-order valence-electron chi connectivity index (χ3n) is 3.83. The third kappa shape index (κ3) is 3.97. The first kappa shape index (κ1) is 16.3. The van der Waals surface area contributed by atoms with Crippen LogP contribution in [0, 0.1) is 0 Å². The van der Waals surface area contributed by atoms with Crippen LogP contribution in [0.1, 0.15) is 30.4 Å². The molecule has 1 aliphatic rings. The molecule has 2 unspecified atom stereocenters. The Hall–Kier alpha value is -1.08. The molecule has 0 amide bonds. The van der Waals surface area contributed by atoms with Gasteiger partial charge in [0.1, 0.15) is 0 Å². The first-order chi connectivity index (χ1) is 9.70. The van der Waals surface area contributed by atoms with Gasteiger partial charge in [0, 0.05) is 6.04 Å². The summed E-state index contributed by atoms with van der Waals surface area (Å²) in [5, 5.41) is -0.652. The average Bonchev–Trinajstić information content (AvgIpc) is 2.37. The van der Waals surface area contributed by atoms with E-state index in [0.717, 1.165) is 18.6 Å². The van der Waals surface area contributed by atoms with Crippen molar-refractivity contribution in [3.05, 3.63) is 35.4 Å². The molecule has 3 nitrogen and oxygen atoms in total. The van der Waals surface area contributed by atoms with E-state index in [1.165, 1.54) is 6.07 Å². The Morgan fingerprint density at radius 2 is 2.00 bits per heavy atom. The van der Waals surface area contributed by atoms with E-state index in [0.29, 0.717) is 18.4 Å². The minimum absolute atomic E-state index is 0.119. The van der Waals surface area contributed by atoms with Crippen molar-refractivity contribution in [2.75, 3.05) is 5.75 Å². The second kappa shape index (κ2) is 5.96. The average molecular weight is 321 g/mol. The van der Waals surface area contributed by atoms with Gasteiger partial charge >= 0.3 is 6.18 Å². The molecule has 0 bridgehead atoms. The number of halogens is 3. The summed E-state index contributed by atoms with van der Waals surface area (Å²) in [5.41, 5.74) is 5.63. The number of nitrogens with two attached hydrogens (primary N) is 1. The lowest BCUT2D eigenvalue weighted by molar-refractivity contribution is -0.137. The molecule has 1 aliphatic heterocycles. The predicted molar refractivity (Wildman–Crippen MR) is 74.5 cm³/mol. The highest BCUT2D eigenvalue weighted by Crippen LogP contribution is 2.30. The number of hydrogen-bond donors (Lipinski definition) is 1. The van der Waals surface area contributed by atoms with Gasteiger partial charge in [0.2, 0.25) is 0 Å². The van der Waals surface area contributed by atoms with Gasteiger partial charge in [0.05, 0.1) is 16.6 Å². The molecule has 1 aromatic rings. The van der Waals surface area contributed by atoms with Crippen molar-refractivity contribution in [3.63, 3.8) is 0 Å². The largest absolute Gasteiger partial charge is 0.416 e. The Balaban J connectivity index is 2.14. The topological polar surface area (TPSA) is 60.2 Å². The first-order valence-corrected chi connectivity index (χ1v) is 8.55. The lowest BCUT2D eigenvalue weighted by Crippen LogP contribution is -2.44. The van der Waals surface area contributed by atoms with E-state index >= 15 is 0 Å². The first-order valence-electron chi connectivity index (χ1n) is 6.83. The normalized spacial score (nSPS) is 23.7. The number of sulfone groups is 1. The van der Waals surface area contributed by atoms with Gasteiger partial charge in [-0.3, -0.25) is 0 Å². The van der Waals surface area contributed by atoms with Crippen LogP contribution >= 0.6 is 0 Å². The summed E-state index contributed by atoms with van der Waals surface area (Å²) in [6, 6.07) is 4.23. The number of rotatable bonds is 3. The summed E-state index contributed by atoms with van der Waals surface area (Å²) >= 11 is 0. The Kier molecular flexibility index (Phi) is 4.63. The molecule has 1 aromatic carbocycles. The molecule has 21 heavy (non-hydrogen) atoms. The lowest BCUT2D eigenvalue weighted by Gasteiger charge is -2.27. The van der Waals surface area contributed by atoms with Crippen molar-refractivity contribution in [2.45, 2.75) is 43.2 Å². The number of hydrogen-bond acceptors (Lipinski definition) is 3. The van der Waals surface area contributed by atoms with Crippen LogP contribution in [0.5, 0.6) is 0 Å². The van der Waals surface area contributed by atoms with E-state index in [1.807, 2.05) is 0 Å². The van der Waals surface area contributed by atoms with Crippen molar-refractivity contribution in [2.24, 2.45) is 5.73 Å². The summed E-state index contributed by atoms with van der Waals surface area (Å²) in [7, 11) is -3.23. The van der Waals surface area contributed by atoms with E-state index in [9.17, 15) is 21.6 Å². The molecule has 118 valence electrons. The monoisotopic (exact) mass is 321 g/mol. The van der Waals surface area contributed by atoms with Gasteiger partial charge in [0.15, 0.2) is 9.84 Å². The van der Waals surface area contributed by atoms with Crippen molar-refractivity contribution in [3.8, 4) is 0 Å². The van der Waals surface area contributed by atoms with Crippen LogP contribution in [-0.2, 0) is 22.4 Å². The third-order valence-corrected chi connectivity index (χ3v) is 6.20. The maximum atomic E-state index is 12.7. The van der Waals surface area contributed by atoms with Crippen LogP contribution in [0.15, 0.2) is 24.3 Å². The van der Waals surface area contributed by atoms with Gasteiger partial charge in [-0.15, -0.1) is 0 Å². The Morgan fingerprint density at radius 1 is 1.29 bits per heavy atom. The van der Waals surface area contributed by atoms with E-state index in [-0.39, 0.29) is 12.2 Å². The van der Waals surface area contributed by atoms with Gasteiger partial charge in [-0.1, -0.05) is 24.6 Å². The Bertz CT molecular complexity index is 598. The molecule has 2 N–H and O–H groups in total. The molecule has 0 saturated carbocycles. The van der Waals surface area contributed by atoms with Gasteiger partial charge in [0.25, 0.3) is 0 Å². The molecule has 2 rings (SSSR count).